The third-order valence-electron chi connectivity index (χ3n) is 5.08. The van der Waals surface area contributed by atoms with Gasteiger partial charge in [0.15, 0.2) is 0 Å². The molecule has 0 saturated heterocycles. The van der Waals surface area contributed by atoms with Crippen molar-refractivity contribution in [3.8, 4) is 11.1 Å². The number of carboxylic acid groups (broad SMARTS) is 1. The summed E-state index contributed by atoms with van der Waals surface area (Å²) in [5.74, 6) is -0.871. The van der Waals surface area contributed by atoms with Gasteiger partial charge in [0.05, 0.1) is 5.56 Å². The van der Waals surface area contributed by atoms with Crippen molar-refractivity contribution < 1.29 is 9.90 Å². The Bertz CT molecular complexity index is 1020. The monoisotopic (exact) mass is 486 g/mol. The Hall–Kier alpha value is -1.91. The maximum absolute atomic E-state index is 12.1. The van der Waals surface area contributed by atoms with Crippen LogP contribution in [-0.2, 0) is 6.42 Å². The number of rotatable bonds is 4. The van der Waals surface area contributed by atoms with Gasteiger partial charge in [0.2, 0.25) is 0 Å². The van der Waals surface area contributed by atoms with E-state index < -0.39 is 5.97 Å². The quantitative estimate of drug-likeness (QED) is 0.426. The molecular weight excluding hydrogens is 468 g/mol. The Morgan fingerprint density at radius 3 is 2.22 bits per heavy atom. The molecule has 0 unspecified atom stereocenters. The van der Waals surface area contributed by atoms with Crippen molar-refractivity contribution >= 4 is 37.8 Å². The van der Waals surface area contributed by atoms with Crippen molar-refractivity contribution in [3.05, 3.63) is 90.9 Å². The molecule has 0 spiro atoms. The van der Waals surface area contributed by atoms with E-state index in [1.165, 1.54) is 0 Å². The van der Waals surface area contributed by atoms with E-state index in [9.17, 15) is 9.90 Å². The number of hydrogen-bond donors (Lipinski definition) is 1. The van der Waals surface area contributed by atoms with Gasteiger partial charge in [-0.15, -0.1) is 0 Å². The molecule has 0 amide bonds. The summed E-state index contributed by atoms with van der Waals surface area (Å²) in [7, 11) is 0. The molecular formula is C23H20Br2O2. The number of carbonyl (C=O) groups is 1. The highest BCUT2D eigenvalue weighted by molar-refractivity contribution is 9.11. The first-order chi connectivity index (χ1) is 12.8. The van der Waals surface area contributed by atoms with Crippen molar-refractivity contribution in [1.29, 1.82) is 0 Å². The van der Waals surface area contributed by atoms with E-state index in [-0.39, 0.29) is 0 Å². The maximum atomic E-state index is 12.1. The van der Waals surface area contributed by atoms with E-state index in [0.29, 0.717) is 12.0 Å². The van der Waals surface area contributed by atoms with Crippen LogP contribution in [0.25, 0.3) is 11.1 Å². The SMILES string of the molecule is Cc1c(C)c(-c2cc(Br)ccc2Br)c(C)c(Cc2ccccc2)c1C(=O)O. The van der Waals surface area contributed by atoms with Crippen LogP contribution in [0.2, 0.25) is 0 Å². The molecule has 0 aliphatic carbocycles. The van der Waals surface area contributed by atoms with Crippen LogP contribution in [0.1, 0.15) is 38.2 Å². The Balaban J connectivity index is 2.33. The Morgan fingerprint density at radius 2 is 1.59 bits per heavy atom. The largest absolute Gasteiger partial charge is 0.478 e. The van der Waals surface area contributed by atoms with E-state index in [4.69, 9.17) is 0 Å². The second-order valence-corrected chi connectivity index (χ2v) is 8.47. The lowest BCUT2D eigenvalue weighted by Crippen LogP contribution is -2.11. The summed E-state index contributed by atoms with van der Waals surface area (Å²) in [6, 6.07) is 16.1. The van der Waals surface area contributed by atoms with Crippen LogP contribution in [0.5, 0.6) is 0 Å². The van der Waals surface area contributed by atoms with Crippen LogP contribution < -0.4 is 0 Å². The van der Waals surface area contributed by atoms with Gasteiger partial charge in [-0.3, -0.25) is 0 Å². The van der Waals surface area contributed by atoms with Crippen molar-refractivity contribution in [2.75, 3.05) is 0 Å². The molecule has 0 radical (unpaired) electrons. The minimum Gasteiger partial charge on any atom is -0.478 e. The van der Waals surface area contributed by atoms with Gasteiger partial charge in [0.1, 0.15) is 0 Å². The summed E-state index contributed by atoms with van der Waals surface area (Å²) in [4.78, 5) is 12.1. The van der Waals surface area contributed by atoms with Gasteiger partial charge >= 0.3 is 5.97 Å². The van der Waals surface area contributed by atoms with Gasteiger partial charge in [-0.1, -0.05) is 62.2 Å². The molecule has 0 bridgehead atoms. The number of benzene rings is 3. The first kappa shape index (κ1) is 19.8. The highest BCUT2D eigenvalue weighted by atomic mass is 79.9. The minimum absolute atomic E-state index is 0.420. The van der Waals surface area contributed by atoms with Gasteiger partial charge in [-0.2, -0.15) is 0 Å². The number of hydrogen-bond acceptors (Lipinski definition) is 1. The van der Waals surface area contributed by atoms with Crippen LogP contribution >= 0.6 is 31.9 Å². The van der Waals surface area contributed by atoms with Crippen LogP contribution in [0.3, 0.4) is 0 Å². The zero-order chi connectivity index (χ0) is 19.7. The first-order valence-electron chi connectivity index (χ1n) is 8.66. The fourth-order valence-corrected chi connectivity index (χ4v) is 4.43. The molecule has 3 aromatic rings. The number of halogens is 2. The molecule has 0 atom stereocenters. The lowest BCUT2D eigenvalue weighted by molar-refractivity contribution is 0.0695. The Morgan fingerprint density at radius 1 is 0.926 bits per heavy atom. The topological polar surface area (TPSA) is 37.3 Å². The molecule has 1 N–H and O–H groups in total. The molecule has 0 saturated carbocycles. The van der Waals surface area contributed by atoms with Crippen molar-refractivity contribution in [3.63, 3.8) is 0 Å². The first-order valence-corrected chi connectivity index (χ1v) is 10.2. The lowest BCUT2D eigenvalue weighted by atomic mass is 9.83. The van der Waals surface area contributed by atoms with E-state index in [2.05, 4.69) is 37.9 Å². The summed E-state index contributed by atoms with van der Waals surface area (Å²) >= 11 is 7.22. The molecule has 2 nitrogen and oxygen atoms in total. The van der Waals surface area contributed by atoms with Crippen molar-refractivity contribution in [2.45, 2.75) is 27.2 Å². The zero-order valence-electron chi connectivity index (χ0n) is 15.4. The Kier molecular flexibility index (Phi) is 5.87. The van der Waals surface area contributed by atoms with E-state index in [1.54, 1.807) is 0 Å². The second-order valence-electron chi connectivity index (χ2n) is 6.70. The molecule has 0 aromatic heterocycles. The van der Waals surface area contributed by atoms with E-state index >= 15 is 0 Å². The number of aromatic carboxylic acids is 1. The van der Waals surface area contributed by atoms with Gasteiger partial charge in [0.25, 0.3) is 0 Å². The highest BCUT2D eigenvalue weighted by Crippen LogP contribution is 2.40. The highest BCUT2D eigenvalue weighted by Gasteiger charge is 2.23. The third kappa shape index (κ3) is 3.87. The predicted molar refractivity (Wildman–Crippen MR) is 118 cm³/mol. The minimum atomic E-state index is -0.871. The lowest BCUT2D eigenvalue weighted by Gasteiger charge is -2.22. The second kappa shape index (κ2) is 7.99. The van der Waals surface area contributed by atoms with Crippen LogP contribution in [0.4, 0.5) is 0 Å². The molecule has 0 fully saturated rings. The molecule has 0 aliphatic rings. The third-order valence-corrected chi connectivity index (χ3v) is 6.26. The molecule has 0 aliphatic heterocycles. The van der Waals surface area contributed by atoms with Crippen molar-refractivity contribution in [2.24, 2.45) is 0 Å². The normalized spacial score (nSPS) is 10.9. The molecule has 27 heavy (non-hydrogen) atoms. The summed E-state index contributed by atoms with van der Waals surface area (Å²) in [6.07, 6.45) is 0.591. The van der Waals surface area contributed by atoms with Gasteiger partial charge in [-0.05, 0) is 84.3 Å². The molecule has 138 valence electrons. The number of carboxylic acids is 1. The van der Waals surface area contributed by atoms with Crippen molar-refractivity contribution in [1.82, 2.24) is 0 Å². The summed E-state index contributed by atoms with van der Waals surface area (Å²) in [5, 5.41) is 9.92. The maximum Gasteiger partial charge on any atom is 0.336 e. The van der Waals surface area contributed by atoms with E-state index in [0.717, 1.165) is 47.9 Å². The standard InChI is InChI=1S/C23H20Br2O2/c1-13-14(2)22(23(26)27)18(11-16-7-5-4-6-8-16)15(3)21(13)19-12-17(24)9-10-20(19)25/h4-10,12H,11H2,1-3H3,(H,26,27). The summed E-state index contributed by atoms with van der Waals surface area (Å²) in [5.41, 5.74) is 7.39. The molecule has 3 rings (SSSR count). The van der Waals surface area contributed by atoms with Gasteiger partial charge in [0, 0.05) is 8.95 Å². The van der Waals surface area contributed by atoms with E-state index in [1.807, 2.05) is 63.2 Å². The Labute approximate surface area is 176 Å². The average molecular weight is 488 g/mol. The van der Waals surface area contributed by atoms with Crippen LogP contribution in [0, 0.1) is 20.8 Å². The van der Waals surface area contributed by atoms with Gasteiger partial charge < -0.3 is 5.11 Å². The molecule has 3 aromatic carbocycles. The summed E-state index contributed by atoms with van der Waals surface area (Å²) < 4.78 is 1.98. The molecule has 0 heterocycles. The van der Waals surface area contributed by atoms with Crippen LogP contribution in [0.15, 0.2) is 57.5 Å². The predicted octanol–water partition coefficient (Wildman–Crippen LogP) is 7.09. The fourth-order valence-electron chi connectivity index (χ4n) is 3.62. The average Bonchev–Trinajstić information content (AvgIpc) is 2.63. The summed E-state index contributed by atoms with van der Waals surface area (Å²) in [6.45, 7) is 5.94. The smallest absolute Gasteiger partial charge is 0.336 e. The fraction of sp³-hybridized carbons (Fsp3) is 0.174. The zero-order valence-corrected chi connectivity index (χ0v) is 18.6. The van der Waals surface area contributed by atoms with Gasteiger partial charge in [-0.25, -0.2) is 4.79 Å². The van der Waals surface area contributed by atoms with Crippen LogP contribution in [-0.4, -0.2) is 11.1 Å². The molecule has 4 heteroatoms.